The van der Waals surface area contributed by atoms with Gasteiger partial charge in [-0.15, -0.1) is 0 Å². The van der Waals surface area contributed by atoms with Crippen LogP contribution in [0, 0.1) is 16.6 Å². The van der Waals surface area contributed by atoms with Gasteiger partial charge in [0.05, 0.1) is 25.0 Å². The number of alkyl halides is 3. The highest BCUT2D eigenvalue weighted by atomic mass is 35.5. The second-order valence-electron chi connectivity index (χ2n) is 10.1. The van der Waals surface area contributed by atoms with E-state index in [2.05, 4.69) is 9.97 Å². The van der Waals surface area contributed by atoms with E-state index in [0.717, 1.165) is 21.9 Å². The van der Waals surface area contributed by atoms with Gasteiger partial charge in [-0.1, -0.05) is 17.7 Å². The van der Waals surface area contributed by atoms with Crippen molar-refractivity contribution in [3.63, 3.8) is 0 Å². The molecule has 5 rings (SSSR count). The maximum atomic E-state index is 15.0. The standard InChI is InChI=1S/C27H24ClF4N5O4/c1-2-41-24(40)25-12-36(22(38)9-17-3-4-18(29)10-20(17)28)14-26(25,27(30,31)32)15-37(13-25)23(39)21-11-19(5-6-34-21)35-8-7-33-16-35/h3-8,10-11,16H,2,9,12-15H2,1H3. The zero-order chi connectivity index (χ0) is 29.6. The molecule has 3 aromatic rings. The van der Waals surface area contributed by atoms with Crippen LogP contribution in [0.15, 0.2) is 55.2 Å². The van der Waals surface area contributed by atoms with Crippen LogP contribution in [0.3, 0.4) is 0 Å². The highest BCUT2D eigenvalue weighted by Gasteiger charge is 2.78. The average Bonchev–Trinajstić information content (AvgIpc) is 3.64. The molecule has 2 aliphatic heterocycles. The predicted octanol–water partition coefficient (Wildman–Crippen LogP) is 3.70. The van der Waals surface area contributed by atoms with E-state index in [1.807, 2.05) is 0 Å². The van der Waals surface area contributed by atoms with Gasteiger partial charge in [0.1, 0.15) is 22.3 Å². The van der Waals surface area contributed by atoms with Crippen molar-refractivity contribution in [1.82, 2.24) is 24.3 Å². The third kappa shape index (κ3) is 4.81. The molecule has 4 heterocycles. The van der Waals surface area contributed by atoms with Gasteiger partial charge in [0.25, 0.3) is 5.91 Å². The SMILES string of the molecule is CCOC(=O)C12CN(C(=O)Cc3ccc(F)cc3Cl)CC1(C(F)(F)F)CN(C(=O)c1cc(-n3ccnc3)ccn1)C2. The first kappa shape index (κ1) is 28.5. The highest BCUT2D eigenvalue weighted by Crippen LogP contribution is 2.61. The first-order valence-corrected chi connectivity index (χ1v) is 13.0. The number of esters is 1. The predicted molar refractivity (Wildman–Crippen MR) is 137 cm³/mol. The molecule has 2 saturated heterocycles. The van der Waals surface area contributed by atoms with Crippen molar-refractivity contribution in [2.24, 2.45) is 10.8 Å². The van der Waals surface area contributed by atoms with Crippen molar-refractivity contribution in [1.29, 1.82) is 0 Å². The quantitative estimate of drug-likeness (QED) is 0.319. The Morgan fingerprint density at radius 1 is 1.05 bits per heavy atom. The number of nitrogens with zero attached hydrogens (tertiary/aromatic N) is 5. The summed E-state index contributed by atoms with van der Waals surface area (Å²) in [6.07, 6.45) is 0.590. The molecule has 2 aromatic heterocycles. The van der Waals surface area contributed by atoms with Gasteiger partial charge in [-0.2, -0.15) is 13.2 Å². The van der Waals surface area contributed by atoms with Gasteiger partial charge in [-0.25, -0.2) is 9.37 Å². The number of amides is 2. The summed E-state index contributed by atoms with van der Waals surface area (Å²) in [5.41, 5.74) is -4.46. The largest absolute Gasteiger partial charge is 0.465 e. The van der Waals surface area contributed by atoms with Crippen LogP contribution in [0.2, 0.25) is 5.02 Å². The van der Waals surface area contributed by atoms with Gasteiger partial charge in [0, 0.05) is 49.8 Å². The van der Waals surface area contributed by atoms with Crippen LogP contribution in [-0.2, 0) is 20.7 Å². The molecule has 2 fully saturated rings. The van der Waals surface area contributed by atoms with Crippen molar-refractivity contribution in [2.45, 2.75) is 19.5 Å². The van der Waals surface area contributed by atoms with E-state index in [0.29, 0.717) is 5.69 Å². The summed E-state index contributed by atoms with van der Waals surface area (Å²) < 4.78 is 65.3. The lowest BCUT2D eigenvalue weighted by molar-refractivity contribution is -0.241. The molecule has 0 spiro atoms. The number of likely N-dealkylation sites (tertiary alicyclic amines) is 2. The zero-order valence-corrected chi connectivity index (χ0v) is 22.5. The number of rotatable bonds is 6. The molecule has 216 valence electrons. The number of hydrogen-bond donors (Lipinski definition) is 0. The van der Waals surface area contributed by atoms with Gasteiger partial charge in [0.15, 0.2) is 0 Å². The minimum atomic E-state index is -5.00. The Labute approximate surface area is 236 Å². The fraction of sp³-hybridized carbons (Fsp3) is 0.370. The number of carbonyl (C=O) groups excluding carboxylic acids is 3. The molecule has 2 amide bonds. The molecule has 14 heteroatoms. The minimum absolute atomic E-state index is 0.0504. The monoisotopic (exact) mass is 593 g/mol. The maximum absolute atomic E-state index is 15.0. The molecule has 9 nitrogen and oxygen atoms in total. The summed E-state index contributed by atoms with van der Waals surface area (Å²) >= 11 is 6.03. The second kappa shape index (κ2) is 10.4. The molecule has 2 aliphatic rings. The molecule has 0 saturated carbocycles. The summed E-state index contributed by atoms with van der Waals surface area (Å²) in [7, 11) is 0. The van der Waals surface area contributed by atoms with Crippen molar-refractivity contribution in [3.8, 4) is 5.69 Å². The lowest BCUT2D eigenvalue weighted by Crippen LogP contribution is -2.55. The Morgan fingerprint density at radius 3 is 2.44 bits per heavy atom. The Morgan fingerprint density at radius 2 is 1.78 bits per heavy atom. The summed E-state index contributed by atoms with van der Waals surface area (Å²) in [5.74, 6) is -3.31. The summed E-state index contributed by atoms with van der Waals surface area (Å²) in [5, 5.41) is -0.0504. The molecule has 1 aromatic carbocycles. The Hall–Kier alpha value is -4.00. The second-order valence-corrected chi connectivity index (χ2v) is 10.5. The summed E-state index contributed by atoms with van der Waals surface area (Å²) in [6, 6.07) is 6.38. The van der Waals surface area contributed by atoms with Crippen LogP contribution >= 0.6 is 11.6 Å². The van der Waals surface area contributed by atoms with E-state index >= 15 is 13.2 Å². The third-order valence-corrected chi connectivity index (χ3v) is 8.08. The molecular weight excluding hydrogens is 570 g/mol. The number of hydrogen-bond acceptors (Lipinski definition) is 6. The van der Waals surface area contributed by atoms with E-state index in [1.165, 1.54) is 37.8 Å². The van der Waals surface area contributed by atoms with E-state index < -0.39 is 73.2 Å². The molecule has 0 N–H and O–H groups in total. The number of carbonyl (C=O) groups is 3. The van der Waals surface area contributed by atoms with E-state index in [9.17, 15) is 18.8 Å². The normalized spacial score (nSPS) is 22.1. The van der Waals surface area contributed by atoms with E-state index in [1.54, 1.807) is 16.8 Å². The highest BCUT2D eigenvalue weighted by molar-refractivity contribution is 6.31. The van der Waals surface area contributed by atoms with Crippen LogP contribution < -0.4 is 0 Å². The zero-order valence-electron chi connectivity index (χ0n) is 21.7. The lowest BCUT2D eigenvalue weighted by Gasteiger charge is -2.36. The molecular formula is C27H24ClF4N5O4. The van der Waals surface area contributed by atoms with Crippen molar-refractivity contribution >= 4 is 29.4 Å². The number of fused-ring (bicyclic) bond motifs is 1. The minimum Gasteiger partial charge on any atom is -0.465 e. The van der Waals surface area contributed by atoms with Crippen molar-refractivity contribution in [2.75, 3.05) is 32.8 Å². The van der Waals surface area contributed by atoms with Crippen LogP contribution in [0.4, 0.5) is 17.6 Å². The first-order valence-electron chi connectivity index (χ1n) is 12.6. The smallest absolute Gasteiger partial charge is 0.399 e. The van der Waals surface area contributed by atoms with Gasteiger partial charge in [0.2, 0.25) is 5.91 Å². The topological polar surface area (TPSA) is 97.6 Å². The molecule has 2 unspecified atom stereocenters. The summed E-state index contributed by atoms with van der Waals surface area (Å²) in [6.45, 7) is -1.76. The molecule has 0 radical (unpaired) electrons. The van der Waals surface area contributed by atoms with Crippen molar-refractivity contribution < 1.29 is 36.7 Å². The number of aromatic nitrogens is 3. The average molecular weight is 594 g/mol. The fourth-order valence-electron chi connectivity index (χ4n) is 5.70. The molecule has 0 aliphatic carbocycles. The van der Waals surface area contributed by atoms with Crippen LogP contribution in [0.5, 0.6) is 0 Å². The number of benzene rings is 1. The third-order valence-electron chi connectivity index (χ3n) is 7.73. The Balaban J connectivity index is 1.48. The summed E-state index contributed by atoms with van der Waals surface area (Å²) in [4.78, 5) is 50.0. The van der Waals surface area contributed by atoms with E-state index in [-0.39, 0.29) is 22.9 Å². The fourth-order valence-corrected chi connectivity index (χ4v) is 5.93. The molecule has 2 atom stereocenters. The van der Waals surface area contributed by atoms with E-state index in [4.69, 9.17) is 16.3 Å². The maximum Gasteiger partial charge on any atom is 0.399 e. The number of ether oxygens (including phenoxy) is 1. The first-order chi connectivity index (χ1) is 19.4. The van der Waals surface area contributed by atoms with Gasteiger partial charge >= 0.3 is 12.1 Å². The van der Waals surface area contributed by atoms with Crippen LogP contribution in [-0.4, -0.2) is 81.1 Å². The van der Waals surface area contributed by atoms with Gasteiger partial charge in [-0.3, -0.25) is 19.4 Å². The molecule has 0 bridgehead atoms. The van der Waals surface area contributed by atoms with Crippen LogP contribution in [0.25, 0.3) is 5.69 Å². The Bertz CT molecular complexity index is 1500. The number of halogens is 5. The molecule has 41 heavy (non-hydrogen) atoms. The van der Waals surface area contributed by atoms with Gasteiger partial charge < -0.3 is 19.1 Å². The van der Waals surface area contributed by atoms with Gasteiger partial charge in [-0.05, 0) is 36.8 Å². The number of imidazole rings is 1. The lowest BCUT2D eigenvalue weighted by atomic mass is 9.67. The Kier molecular flexibility index (Phi) is 7.26. The van der Waals surface area contributed by atoms with Crippen molar-refractivity contribution in [3.05, 3.63) is 77.3 Å². The van der Waals surface area contributed by atoms with Crippen LogP contribution in [0.1, 0.15) is 23.0 Å². The number of pyridine rings is 1.